The minimum atomic E-state index is -3.70. The van der Waals surface area contributed by atoms with Crippen molar-refractivity contribution < 1.29 is 12.6 Å². The average Bonchev–Trinajstić information content (AvgIpc) is 2.24. The molecule has 3 nitrogen and oxygen atoms in total. The summed E-state index contributed by atoms with van der Waals surface area (Å²) in [4.78, 5) is 0.216. The first kappa shape index (κ1) is 16.2. The van der Waals surface area contributed by atoms with Crippen molar-refractivity contribution in [2.45, 2.75) is 52.5 Å². The molecule has 0 fully saturated rings. The lowest BCUT2D eigenvalue weighted by Gasteiger charge is -2.32. The van der Waals surface area contributed by atoms with Crippen LogP contribution < -0.4 is 0 Å². The fourth-order valence-corrected chi connectivity index (χ4v) is 3.52. The second-order valence-corrected chi connectivity index (χ2v) is 7.97. The molecule has 1 aromatic rings. The summed E-state index contributed by atoms with van der Waals surface area (Å²) < 4.78 is 30.0. The van der Waals surface area contributed by atoms with Crippen LogP contribution >= 0.6 is 0 Å². The lowest BCUT2D eigenvalue weighted by Crippen LogP contribution is -2.36. The molecule has 1 unspecified atom stereocenters. The topological polar surface area (TPSA) is 43.4 Å². The van der Waals surface area contributed by atoms with E-state index in [2.05, 4.69) is 0 Å². The van der Waals surface area contributed by atoms with Crippen molar-refractivity contribution in [2.75, 3.05) is 0 Å². The third-order valence-electron chi connectivity index (χ3n) is 3.00. The summed E-state index contributed by atoms with van der Waals surface area (Å²) in [6.45, 7) is 11.8. The van der Waals surface area contributed by atoms with Crippen LogP contribution in [0.1, 0.15) is 40.2 Å². The van der Waals surface area contributed by atoms with Gasteiger partial charge in [0.25, 0.3) is 10.1 Å². The molecule has 0 saturated carbocycles. The molecule has 0 amide bonds. The van der Waals surface area contributed by atoms with Gasteiger partial charge in [-0.2, -0.15) is 8.42 Å². The van der Waals surface area contributed by atoms with Gasteiger partial charge in [0.1, 0.15) is 0 Å². The summed E-state index contributed by atoms with van der Waals surface area (Å²) in [5.74, 6) is 0.125. The molecule has 0 aromatic heterocycles. The lowest BCUT2D eigenvalue weighted by molar-refractivity contribution is 0.0530. The zero-order valence-corrected chi connectivity index (χ0v) is 13.4. The van der Waals surface area contributed by atoms with E-state index in [4.69, 9.17) is 4.18 Å². The van der Waals surface area contributed by atoms with Gasteiger partial charge in [-0.3, -0.25) is 4.18 Å². The quantitative estimate of drug-likeness (QED) is 0.790. The molecule has 0 aliphatic carbocycles. The molecular formula is C15H24O3S. The van der Waals surface area contributed by atoms with E-state index in [9.17, 15) is 8.42 Å². The molecule has 0 aliphatic heterocycles. The Bertz CT molecular complexity index is 507. The van der Waals surface area contributed by atoms with Crippen molar-refractivity contribution in [3.63, 3.8) is 0 Å². The van der Waals surface area contributed by atoms with E-state index in [0.717, 1.165) is 5.56 Å². The maximum atomic E-state index is 12.3. The normalized spacial score (nSPS) is 14.7. The van der Waals surface area contributed by atoms with Crippen molar-refractivity contribution in [1.29, 1.82) is 0 Å². The summed E-state index contributed by atoms with van der Waals surface area (Å²) in [6, 6.07) is 6.73. The molecule has 1 aromatic carbocycles. The molecule has 0 N–H and O–H groups in total. The third-order valence-corrected chi connectivity index (χ3v) is 4.31. The predicted molar refractivity (Wildman–Crippen MR) is 77.5 cm³/mol. The summed E-state index contributed by atoms with van der Waals surface area (Å²) in [7, 11) is -3.70. The van der Waals surface area contributed by atoms with Crippen LogP contribution in [-0.2, 0) is 14.3 Å². The van der Waals surface area contributed by atoms with E-state index < -0.39 is 10.1 Å². The van der Waals surface area contributed by atoms with Crippen LogP contribution in [0.25, 0.3) is 0 Å². The molecule has 0 saturated heterocycles. The van der Waals surface area contributed by atoms with Gasteiger partial charge in [0, 0.05) is 0 Å². The molecular weight excluding hydrogens is 260 g/mol. The monoisotopic (exact) mass is 284 g/mol. The Morgan fingerprint density at radius 1 is 1.05 bits per heavy atom. The minimum Gasteiger partial charge on any atom is -0.262 e. The van der Waals surface area contributed by atoms with Crippen molar-refractivity contribution >= 4 is 10.1 Å². The van der Waals surface area contributed by atoms with Crippen LogP contribution in [0.4, 0.5) is 0 Å². The highest BCUT2D eigenvalue weighted by molar-refractivity contribution is 7.86. The van der Waals surface area contributed by atoms with E-state index in [1.54, 1.807) is 24.3 Å². The first-order valence-electron chi connectivity index (χ1n) is 6.54. The van der Waals surface area contributed by atoms with Gasteiger partial charge in [-0.25, -0.2) is 0 Å². The number of rotatable bonds is 4. The second-order valence-electron chi connectivity index (χ2n) is 6.39. The SMILES string of the molecule is Cc1ccc(S(=O)(=O)OC(C(C)C)C(C)(C)C)cc1. The molecule has 0 aliphatic rings. The third kappa shape index (κ3) is 4.32. The zero-order chi connectivity index (χ0) is 14.8. The fourth-order valence-electron chi connectivity index (χ4n) is 2.15. The van der Waals surface area contributed by atoms with Crippen LogP contribution in [0.2, 0.25) is 0 Å². The fraction of sp³-hybridized carbons (Fsp3) is 0.600. The molecule has 0 heterocycles. The standard InChI is InChI=1S/C15H24O3S/c1-11(2)14(15(4,5)6)18-19(16,17)13-9-7-12(3)8-10-13/h7-11,14H,1-6H3. The first-order valence-corrected chi connectivity index (χ1v) is 7.95. The number of aryl methyl sites for hydroxylation is 1. The second kappa shape index (κ2) is 5.63. The predicted octanol–water partition coefficient (Wildman–Crippen LogP) is 3.77. The summed E-state index contributed by atoms with van der Waals surface area (Å²) in [5, 5.41) is 0. The zero-order valence-electron chi connectivity index (χ0n) is 12.6. The molecule has 0 spiro atoms. The van der Waals surface area contributed by atoms with Crippen LogP contribution in [0.3, 0.4) is 0 Å². The lowest BCUT2D eigenvalue weighted by atomic mass is 9.83. The summed E-state index contributed by atoms with van der Waals surface area (Å²) in [6.07, 6.45) is -0.348. The van der Waals surface area contributed by atoms with E-state index in [1.165, 1.54) is 0 Å². The van der Waals surface area contributed by atoms with Crippen LogP contribution in [0, 0.1) is 18.3 Å². The van der Waals surface area contributed by atoms with E-state index in [0.29, 0.717) is 0 Å². The van der Waals surface area contributed by atoms with Gasteiger partial charge in [0.05, 0.1) is 11.0 Å². The Morgan fingerprint density at radius 3 is 1.89 bits per heavy atom. The largest absolute Gasteiger partial charge is 0.297 e. The minimum absolute atomic E-state index is 0.125. The van der Waals surface area contributed by atoms with Gasteiger partial charge < -0.3 is 0 Å². The van der Waals surface area contributed by atoms with Crippen LogP contribution in [0.15, 0.2) is 29.2 Å². The van der Waals surface area contributed by atoms with Crippen molar-refractivity contribution in [1.82, 2.24) is 0 Å². The number of benzene rings is 1. The van der Waals surface area contributed by atoms with Gasteiger partial charge in [-0.05, 0) is 30.4 Å². The van der Waals surface area contributed by atoms with Crippen LogP contribution in [-0.4, -0.2) is 14.5 Å². The Hall–Kier alpha value is -0.870. The highest BCUT2D eigenvalue weighted by Gasteiger charge is 2.33. The average molecular weight is 284 g/mol. The summed E-state index contributed by atoms with van der Waals surface area (Å²) >= 11 is 0. The van der Waals surface area contributed by atoms with Gasteiger partial charge in [0.15, 0.2) is 0 Å². The Kier molecular flexibility index (Phi) is 4.80. The van der Waals surface area contributed by atoms with Crippen molar-refractivity contribution in [3.8, 4) is 0 Å². The Balaban J connectivity index is 3.04. The molecule has 4 heteroatoms. The van der Waals surface area contributed by atoms with Gasteiger partial charge in [0.2, 0.25) is 0 Å². The van der Waals surface area contributed by atoms with Gasteiger partial charge in [-0.1, -0.05) is 52.3 Å². The Morgan fingerprint density at radius 2 is 1.53 bits per heavy atom. The molecule has 1 rings (SSSR count). The van der Waals surface area contributed by atoms with Crippen molar-refractivity contribution in [2.24, 2.45) is 11.3 Å². The molecule has 19 heavy (non-hydrogen) atoms. The van der Waals surface area contributed by atoms with Gasteiger partial charge >= 0.3 is 0 Å². The molecule has 108 valence electrons. The van der Waals surface area contributed by atoms with E-state index in [1.807, 2.05) is 41.5 Å². The molecule has 0 bridgehead atoms. The molecule has 1 atom stereocenters. The highest BCUT2D eigenvalue weighted by Crippen LogP contribution is 2.31. The number of hydrogen-bond acceptors (Lipinski definition) is 3. The van der Waals surface area contributed by atoms with Crippen molar-refractivity contribution in [3.05, 3.63) is 29.8 Å². The van der Waals surface area contributed by atoms with E-state index >= 15 is 0 Å². The Labute approximate surface area is 117 Å². The first-order chi connectivity index (χ1) is 8.54. The van der Waals surface area contributed by atoms with E-state index in [-0.39, 0.29) is 22.3 Å². The van der Waals surface area contributed by atoms with Gasteiger partial charge in [-0.15, -0.1) is 0 Å². The summed E-state index contributed by atoms with van der Waals surface area (Å²) in [5.41, 5.74) is 0.793. The highest BCUT2D eigenvalue weighted by atomic mass is 32.2. The maximum absolute atomic E-state index is 12.3. The maximum Gasteiger partial charge on any atom is 0.297 e. The molecule has 0 radical (unpaired) electrons. The smallest absolute Gasteiger partial charge is 0.262 e. The number of hydrogen-bond donors (Lipinski definition) is 0. The van der Waals surface area contributed by atoms with Crippen LogP contribution in [0.5, 0.6) is 0 Å².